The van der Waals surface area contributed by atoms with Crippen LogP contribution in [0, 0.1) is 5.92 Å². The van der Waals surface area contributed by atoms with Crippen LogP contribution in [-0.4, -0.2) is 24.8 Å². The molecule has 0 bridgehead atoms. The molecule has 0 spiro atoms. The van der Waals surface area contributed by atoms with Gasteiger partial charge in [-0.2, -0.15) is 0 Å². The van der Waals surface area contributed by atoms with E-state index in [9.17, 15) is 18.4 Å². The third kappa shape index (κ3) is 2.14. The summed E-state index contributed by atoms with van der Waals surface area (Å²) < 4.78 is 35.0. The topological polar surface area (TPSA) is 56.5 Å². The third-order valence-corrected chi connectivity index (χ3v) is 2.89. The van der Waals surface area contributed by atoms with Crippen LogP contribution in [0.2, 0.25) is 0 Å². The summed E-state index contributed by atoms with van der Waals surface area (Å²) in [5.41, 5.74) is 0.134. The Hall–Kier alpha value is -1.72. The molecular weight excluding hydrogens is 246 g/mol. The van der Waals surface area contributed by atoms with Crippen LogP contribution in [0.3, 0.4) is 0 Å². The molecule has 2 rings (SSSR count). The van der Waals surface area contributed by atoms with Crippen molar-refractivity contribution >= 4 is 11.8 Å². The molecule has 1 aromatic heterocycles. The number of carbonyl (C=O) groups is 2. The second-order valence-electron chi connectivity index (χ2n) is 4.09. The fraction of sp³-hybridized carbons (Fsp3) is 0.500. The van der Waals surface area contributed by atoms with Gasteiger partial charge in [-0.15, -0.1) is 0 Å². The summed E-state index contributed by atoms with van der Waals surface area (Å²) in [5, 5.41) is 0. The van der Waals surface area contributed by atoms with Crippen molar-refractivity contribution in [3.63, 3.8) is 0 Å². The van der Waals surface area contributed by atoms with Crippen molar-refractivity contribution in [2.75, 3.05) is 6.61 Å². The van der Waals surface area contributed by atoms with Gasteiger partial charge in [0.15, 0.2) is 5.78 Å². The van der Waals surface area contributed by atoms with Crippen LogP contribution in [0.5, 0.6) is 0 Å². The van der Waals surface area contributed by atoms with Crippen LogP contribution in [0.25, 0.3) is 0 Å². The second-order valence-corrected chi connectivity index (χ2v) is 4.09. The van der Waals surface area contributed by atoms with E-state index in [2.05, 4.69) is 0 Å². The Morgan fingerprint density at radius 2 is 2.28 bits per heavy atom. The van der Waals surface area contributed by atoms with Crippen molar-refractivity contribution in [2.24, 2.45) is 5.92 Å². The molecule has 6 heteroatoms. The van der Waals surface area contributed by atoms with E-state index in [1.165, 1.54) is 0 Å². The van der Waals surface area contributed by atoms with Gasteiger partial charge in [0.1, 0.15) is 17.6 Å². The Kier molecular flexibility index (Phi) is 3.45. The molecular formula is C12H12F2O4. The fourth-order valence-corrected chi connectivity index (χ4v) is 2.04. The summed E-state index contributed by atoms with van der Waals surface area (Å²) in [5.74, 6) is -2.03. The van der Waals surface area contributed by atoms with E-state index in [0.717, 1.165) is 6.26 Å². The van der Waals surface area contributed by atoms with Crippen molar-refractivity contribution in [2.45, 2.75) is 26.2 Å². The zero-order chi connectivity index (χ0) is 13.3. The highest BCUT2D eigenvalue weighted by Gasteiger charge is 2.36. The SMILES string of the molecule is CCOC(=O)c1coc2c1C(=O)C[C@H](C(F)F)C2. The van der Waals surface area contributed by atoms with Gasteiger partial charge >= 0.3 is 5.97 Å². The highest BCUT2D eigenvalue weighted by atomic mass is 19.3. The molecule has 1 heterocycles. The van der Waals surface area contributed by atoms with Crippen molar-refractivity contribution in [1.82, 2.24) is 0 Å². The predicted octanol–water partition coefficient (Wildman–Crippen LogP) is 2.47. The number of furan rings is 1. The molecule has 18 heavy (non-hydrogen) atoms. The molecule has 1 aliphatic carbocycles. The minimum absolute atomic E-state index is 0.0296. The zero-order valence-electron chi connectivity index (χ0n) is 9.74. The molecule has 0 saturated heterocycles. The monoisotopic (exact) mass is 258 g/mol. The first kappa shape index (κ1) is 12.7. The molecule has 1 aliphatic rings. The molecule has 0 aliphatic heterocycles. The van der Waals surface area contributed by atoms with Crippen LogP contribution >= 0.6 is 0 Å². The highest BCUT2D eigenvalue weighted by Crippen LogP contribution is 2.32. The van der Waals surface area contributed by atoms with E-state index in [4.69, 9.17) is 9.15 Å². The zero-order valence-corrected chi connectivity index (χ0v) is 9.74. The summed E-state index contributed by atoms with van der Waals surface area (Å²) in [6.07, 6.45) is -1.76. The number of hydrogen-bond donors (Lipinski definition) is 0. The number of halogens is 2. The lowest BCUT2D eigenvalue weighted by molar-refractivity contribution is 0.0515. The molecule has 0 N–H and O–H groups in total. The summed E-state index contributed by atoms with van der Waals surface area (Å²) in [4.78, 5) is 23.3. The van der Waals surface area contributed by atoms with E-state index in [0.29, 0.717) is 0 Å². The summed E-state index contributed by atoms with van der Waals surface area (Å²) in [6.45, 7) is 1.81. The van der Waals surface area contributed by atoms with Gasteiger partial charge in [0.25, 0.3) is 0 Å². The summed E-state index contributed by atoms with van der Waals surface area (Å²) >= 11 is 0. The molecule has 0 saturated carbocycles. The van der Waals surface area contributed by atoms with Gasteiger partial charge in [-0.3, -0.25) is 4.79 Å². The maximum Gasteiger partial charge on any atom is 0.342 e. The number of Topliss-reactive ketones (excluding diaryl/α,β-unsaturated/α-hetero) is 1. The Labute approximate surface area is 102 Å². The van der Waals surface area contributed by atoms with Gasteiger partial charge in [-0.05, 0) is 6.92 Å². The van der Waals surface area contributed by atoms with Gasteiger partial charge < -0.3 is 9.15 Å². The normalized spacial score (nSPS) is 18.9. The Morgan fingerprint density at radius 3 is 2.89 bits per heavy atom. The Balaban J connectivity index is 2.31. The lowest BCUT2D eigenvalue weighted by Crippen LogP contribution is -2.25. The standard InChI is InChI=1S/C12H12F2O4/c1-2-17-12(16)7-5-18-9-4-6(11(13)14)3-8(15)10(7)9/h5-6,11H,2-4H2,1H3/t6-/m0/s1. The van der Waals surface area contributed by atoms with Crippen molar-refractivity contribution in [3.8, 4) is 0 Å². The van der Waals surface area contributed by atoms with E-state index >= 15 is 0 Å². The van der Waals surface area contributed by atoms with E-state index in [1.807, 2.05) is 0 Å². The lowest BCUT2D eigenvalue weighted by Gasteiger charge is -2.19. The van der Waals surface area contributed by atoms with Gasteiger partial charge in [-0.25, -0.2) is 13.6 Å². The number of rotatable bonds is 3. The Bertz CT molecular complexity index is 478. The first-order chi connectivity index (χ1) is 8.54. The van der Waals surface area contributed by atoms with Crippen LogP contribution < -0.4 is 0 Å². The molecule has 98 valence electrons. The van der Waals surface area contributed by atoms with Crippen LogP contribution in [0.4, 0.5) is 8.78 Å². The van der Waals surface area contributed by atoms with Crippen molar-refractivity contribution in [3.05, 3.63) is 23.2 Å². The van der Waals surface area contributed by atoms with Crippen LogP contribution in [0.15, 0.2) is 10.7 Å². The largest absolute Gasteiger partial charge is 0.468 e. The van der Waals surface area contributed by atoms with Gasteiger partial charge in [0.2, 0.25) is 6.43 Å². The maximum absolute atomic E-state index is 12.6. The average Bonchev–Trinajstić information content (AvgIpc) is 2.73. The lowest BCUT2D eigenvalue weighted by atomic mass is 9.86. The molecule has 0 aromatic carbocycles. The minimum Gasteiger partial charge on any atom is -0.468 e. The van der Waals surface area contributed by atoms with E-state index < -0.39 is 24.1 Å². The van der Waals surface area contributed by atoms with Crippen LogP contribution in [-0.2, 0) is 11.2 Å². The van der Waals surface area contributed by atoms with Crippen molar-refractivity contribution in [1.29, 1.82) is 0 Å². The Morgan fingerprint density at radius 1 is 1.56 bits per heavy atom. The average molecular weight is 258 g/mol. The molecule has 0 radical (unpaired) electrons. The number of fused-ring (bicyclic) bond motifs is 1. The van der Waals surface area contributed by atoms with E-state index in [1.54, 1.807) is 6.92 Å². The molecule has 4 nitrogen and oxygen atoms in total. The van der Waals surface area contributed by atoms with Crippen LogP contribution in [0.1, 0.15) is 39.8 Å². The first-order valence-electron chi connectivity index (χ1n) is 5.63. The van der Waals surface area contributed by atoms with Gasteiger partial charge in [0, 0.05) is 18.8 Å². The quantitative estimate of drug-likeness (QED) is 0.781. The number of ketones is 1. The molecule has 0 unspecified atom stereocenters. The molecule has 1 aromatic rings. The smallest absolute Gasteiger partial charge is 0.342 e. The fourth-order valence-electron chi connectivity index (χ4n) is 2.04. The van der Waals surface area contributed by atoms with E-state index in [-0.39, 0.29) is 36.3 Å². The second kappa shape index (κ2) is 4.88. The number of carbonyl (C=O) groups excluding carboxylic acids is 2. The van der Waals surface area contributed by atoms with Crippen molar-refractivity contribution < 1.29 is 27.5 Å². The predicted molar refractivity (Wildman–Crippen MR) is 56.8 cm³/mol. The molecule has 0 amide bonds. The number of hydrogen-bond acceptors (Lipinski definition) is 4. The first-order valence-corrected chi connectivity index (χ1v) is 5.63. The number of ether oxygens (including phenoxy) is 1. The summed E-state index contributed by atoms with van der Waals surface area (Å²) in [7, 11) is 0. The third-order valence-electron chi connectivity index (χ3n) is 2.89. The minimum atomic E-state index is -2.57. The van der Waals surface area contributed by atoms with Gasteiger partial charge in [0.05, 0.1) is 12.2 Å². The number of esters is 1. The number of alkyl halides is 2. The summed E-state index contributed by atoms with van der Waals surface area (Å²) in [6, 6.07) is 0. The van der Waals surface area contributed by atoms with Gasteiger partial charge in [-0.1, -0.05) is 0 Å². The highest BCUT2D eigenvalue weighted by molar-refractivity contribution is 6.07. The molecule has 0 fully saturated rings. The molecule has 1 atom stereocenters. The maximum atomic E-state index is 12.6.